The SMILES string of the molecule is N#Cc1cc(Nc2ccnc3cc(N)ccc23)ccc1F. The van der Waals surface area contributed by atoms with Crippen molar-refractivity contribution in [2.45, 2.75) is 0 Å². The van der Waals surface area contributed by atoms with Crippen molar-refractivity contribution in [1.82, 2.24) is 4.98 Å². The van der Waals surface area contributed by atoms with Crippen LogP contribution in [0.2, 0.25) is 0 Å². The summed E-state index contributed by atoms with van der Waals surface area (Å²) in [7, 11) is 0. The van der Waals surface area contributed by atoms with E-state index in [1.54, 1.807) is 24.4 Å². The van der Waals surface area contributed by atoms with E-state index in [1.807, 2.05) is 18.2 Å². The maximum absolute atomic E-state index is 13.3. The molecule has 0 unspecified atom stereocenters. The molecule has 0 amide bonds. The van der Waals surface area contributed by atoms with Crippen molar-refractivity contribution in [3.05, 3.63) is 60.0 Å². The smallest absolute Gasteiger partial charge is 0.141 e. The lowest BCUT2D eigenvalue weighted by atomic mass is 10.1. The highest BCUT2D eigenvalue weighted by Gasteiger charge is 2.06. The lowest BCUT2D eigenvalue weighted by Crippen LogP contribution is -1.95. The van der Waals surface area contributed by atoms with E-state index in [-0.39, 0.29) is 5.56 Å². The minimum Gasteiger partial charge on any atom is -0.399 e. The van der Waals surface area contributed by atoms with Crippen LogP contribution in [-0.2, 0) is 0 Å². The van der Waals surface area contributed by atoms with Gasteiger partial charge in [-0.1, -0.05) is 0 Å². The van der Waals surface area contributed by atoms with E-state index in [0.29, 0.717) is 11.4 Å². The Morgan fingerprint density at radius 2 is 2.00 bits per heavy atom. The highest BCUT2D eigenvalue weighted by Crippen LogP contribution is 2.27. The Morgan fingerprint density at radius 1 is 1.14 bits per heavy atom. The van der Waals surface area contributed by atoms with Crippen molar-refractivity contribution in [3.63, 3.8) is 0 Å². The van der Waals surface area contributed by atoms with Gasteiger partial charge in [0.1, 0.15) is 11.9 Å². The lowest BCUT2D eigenvalue weighted by Gasteiger charge is -2.10. The first-order chi connectivity index (χ1) is 10.2. The summed E-state index contributed by atoms with van der Waals surface area (Å²) in [4.78, 5) is 4.26. The van der Waals surface area contributed by atoms with Gasteiger partial charge in [-0.05, 0) is 42.5 Å². The number of fused-ring (bicyclic) bond motifs is 1. The summed E-state index contributed by atoms with van der Waals surface area (Å²) < 4.78 is 13.3. The quantitative estimate of drug-likeness (QED) is 0.703. The first kappa shape index (κ1) is 12.9. The molecule has 0 saturated carbocycles. The van der Waals surface area contributed by atoms with Crippen molar-refractivity contribution in [3.8, 4) is 6.07 Å². The number of hydrogen-bond acceptors (Lipinski definition) is 4. The van der Waals surface area contributed by atoms with Crippen molar-refractivity contribution in [2.75, 3.05) is 11.1 Å². The third-order valence-corrected chi connectivity index (χ3v) is 3.13. The monoisotopic (exact) mass is 278 g/mol. The van der Waals surface area contributed by atoms with E-state index in [2.05, 4.69) is 10.3 Å². The van der Waals surface area contributed by atoms with Crippen LogP contribution in [0.1, 0.15) is 5.56 Å². The second-order valence-electron chi connectivity index (χ2n) is 4.57. The number of anilines is 3. The van der Waals surface area contributed by atoms with Crippen LogP contribution in [0.3, 0.4) is 0 Å². The molecule has 1 aromatic heterocycles. The Balaban J connectivity index is 2.04. The van der Waals surface area contributed by atoms with Gasteiger partial charge in [-0.3, -0.25) is 4.98 Å². The zero-order valence-corrected chi connectivity index (χ0v) is 11.0. The van der Waals surface area contributed by atoms with Crippen LogP contribution < -0.4 is 11.1 Å². The lowest BCUT2D eigenvalue weighted by molar-refractivity contribution is 0.624. The van der Waals surface area contributed by atoms with E-state index < -0.39 is 5.82 Å². The summed E-state index contributed by atoms with van der Waals surface area (Å²) in [5, 5.41) is 12.9. The van der Waals surface area contributed by atoms with Crippen molar-refractivity contribution >= 4 is 28.0 Å². The summed E-state index contributed by atoms with van der Waals surface area (Å²) in [5.41, 5.74) is 8.60. The minimum absolute atomic E-state index is 0.00241. The van der Waals surface area contributed by atoms with E-state index in [1.165, 1.54) is 12.1 Å². The first-order valence-corrected chi connectivity index (χ1v) is 6.28. The molecule has 2 aromatic carbocycles. The van der Waals surface area contributed by atoms with Gasteiger partial charge in [0.2, 0.25) is 0 Å². The normalized spacial score (nSPS) is 10.3. The van der Waals surface area contributed by atoms with Crippen LogP contribution in [0.5, 0.6) is 0 Å². The number of rotatable bonds is 2. The molecule has 0 radical (unpaired) electrons. The van der Waals surface area contributed by atoms with Gasteiger partial charge < -0.3 is 11.1 Å². The topological polar surface area (TPSA) is 74.7 Å². The van der Waals surface area contributed by atoms with E-state index >= 15 is 0 Å². The van der Waals surface area contributed by atoms with Gasteiger partial charge in [-0.2, -0.15) is 5.26 Å². The zero-order valence-electron chi connectivity index (χ0n) is 11.0. The number of nitriles is 1. The van der Waals surface area contributed by atoms with Gasteiger partial charge >= 0.3 is 0 Å². The average Bonchev–Trinajstić information content (AvgIpc) is 2.49. The molecule has 3 N–H and O–H groups in total. The van der Waals surface area contributed by atoms with Gasteiger partial charge in [-0.25, -0.2) is 4.39 Å². The van der Waals surface area contributed by atoms with Crippen LogP contribution in [-0.4, -0.2) is 4.98 Å². The highest BCUT2D eigenvalue weighted by molar-refractivity contribution is 5.94. The van der Waals surface area contributed by atoms with Crippen LogP contribution in [0.15, 0.2) is 48.7 Å². The Kier molecular flexibility index (Phi) is 3.13. The predicted octanol–water partition coefficient (Wildman–Crippen LogP) is 3.57. The Bertz CT molecular complexity index is 868. The van der Waals surface area contributed by atoms with Crippen LogP contribution >= 0.6 is 0 Å². The molecule has 0 aliphatic carbocycles. The van der Waals surface area contributed by atoms with Crippen molar-refractivity contribution < 1.29 is 4.39 Å². The Morgan fingerprint density at radius 3 is 2.81 bits per heavy atom. The number of pyridine rings is 1. The van der Waals surface area contributed by atoms with E-state index in [0.717, 1.165) is 16.6 Å². The largest absolute Gasteiger partial charge is 0.399 e. The molecule has 0 saturated heterocycles. The highest BCUT2D eigenvalue weighted by atomic mass is 19.1. The maximum atomic E-state index is 13.3. The van der Waals surface area contributed by atoms with Gasteiger partial charge in [0.15, 0.2) is 0 Å². The molecule has 0 aliphatic heterocycles. The van der Waals surface area contributed by atoms with Gasteiger partial charge in [0.05, 0.1) is 11.1 Å². The summed E-state index contributed by atoms with van der Waals surface area (Å²) >= 11 is 0. The number of halogens is 1. The summed E-state index contributed by atoms with van der Waals surface area (Å²) in [6.07, 6.45) is 1.67. The molecule has 21 heavy (non-hydrogen) atoms. The van der Waals surface area contributed by atoms with E-state index in [9.17, 15) is 4.39 Å². The zero-order chi connectivity index (χ0) is 14.8. The number of nitrogens with zero attached hydrogens (tertiary/aromatic N) is 2. The fourth-order valence-corrected chi connectivity index (χ4v) is 2.12. The molecule has 3 rings (SSSR count). The second kappa shape index (κ2) is 5.10. The number of nitrogens with two attached hydrogens (primary N) is 1. The molecule has 4 nitrogen and oxygen atoms in total. The molecule has 3 aromatic rings. The van der Waals surface area contributed by atoms with E-state index in [4.69, 9.17) is 11.0 Å². The van der Waals surface area contributed by atoms with Crippen LogP contribution in [0.4, 0.5) is 21.5 Å². The fraction of sp³-hybridized carbons (Fsp3) is 0. The number of hydrogen-bond donors (Lipinski definition) is 2. The number of nitrogen functional groups attached to an aromatic ring is 1. The molecular weight excluding hydrogens is 267 g/mol. The molecule has 0 fully saturated rings. The second-order valence-corrected chi connectivity index (χ2v) is 4.57. The minimum atomic E-state index is -0.532. The third kappa shape index (κ3) is 2.47. The molecular formula is C16H11FN4. The summed E-state index contributed by atoms with van der Waals surface area (Å²) in [6, 6.07) is 13.4. The van der Waals surface area contributed by atoms with Crippen LogP contribution in [0.25, 0.3) is 10.9 Å². The van der Waals surface area contributed by atoms with Gasteiger partial charge in [0.25, 0.3) is 0 Å². The first-order valence-electron chi connectivity index (χ1n) is 6.28. The number of benzene rings is 2. The number of nitrogens with one attached hydrogen (secondary N) is 1. The van der Waals surface area contributed by atoms with Crippen LogP contribution in [0, 0.1) is 17.1 Å². The third-order valence-electron chi connectivity index (χ3n) is 3.13. The number of aromatic nitrogens is 1. The predicted molar refractivity (Wildman–Crippen MR) is 80.6 cm³/mol. The van der Waals surface area contributed by atoms with Gasteiger partial charge in [0, 0.05) is 28.6 Å². The average molecular weight is 278 g/mol. The molecule has 1 heterocycles. The Hall–Kier alpha value is -3.13. The molecule has 5 heteroatoms. The van der Waals surface area contributed by atoms with Crippen molar-refractivity contribution in [2.24, 2.45) is 0 Å². The molecule has 0 atom stereocenters. The fourth-order valence-electron chi connectivity index (χ4n) is 2.12. The molecule has 102 valence electrons. The maximum Gasteiger partial charge on any atom is 0.141 e. The molecule has 0 bridgehead atoms. The standard InChI is InChI=1S/C16H11FN4/c17-14-4-2-12(7-10(14)9-18)21-15-5-6-20-16-8-11(19)1-3-13(15)16/h1-8H,19H2,(H,20,21). The van der Waals surface area contributed by atoms with Crippen molar-refractivity contribution in [1.29, 1.82) is 5.26 Å². The molecule has 0 aliphatic rings. The summed E-state index contributed by atoms with van der Waals surface area (Å²) in [5.74, 6) is -0.532. The Labute approximate surface area is 120 Å². The van der Waals surface area contributed by atoms with Gasteiger partial charge in [-0.15, -0.1) is 0 Å². The molecule has 0 spiro atoms. The summed E-state index contributed by atoms with van der Waals surface area (Å²) in [6.45, 7) is 0.